The zero-order valence-corrected chi connectivity index (χ0v) is 12.4. The molecule has 0 amide bonds. The third-order valence-corrected chi connectivity index (χ3v) is 3.81. The van der Waals surface area contributed by atoms with Gasteiger partial charge in [0, 0.05) is 26.3 Å². The summed E-state index contributed by atoms with van der Waals surface area (Å²) in [5.41, 5.74) is 1.14. The normalized spacial score (nSPS) is 17.8. The second-order valence-electron chi connectivity index (χ2n) is 5.40. The molecule has 0 radical (unpaired) electrons. The van der Waals surface area contributed by atoms with Crippen molar-refractivity contribution >= 4 is 0 Å². The third kappa shape index (κ3) is 3.58. The van der Waals surface area contributed by atoms with Crippen molar-refractivity contribution in [3.63, 3.8) is 0 Å². The number of ether oxygens (including phenoxy) is 3. The second kappa shape index (κ2) is 6.85. The van der Waals surface area contributed by atoms with E-state index in [2.05, 4.69) is 22.2 Å². The molecule has 2 rings (SSSR count). The molecular formula is C14H23N3O3. The standard InChI is InChI=1S/C14H23N3O3/c1-14(4-6-20-7-5-14)9-15-8-11-12(18-2)16-10-17-13(11)19-3/h10,15H,4-9H2,1-3H3. The fourth-order valence-corrected chi connectivity index (χ4v) is 2.41. The highest BCUT2D eigenvalue weighted by molar-refractivity contribution is 5.34. The molecule has 0 aliphatic carbocycles. The number of hydrogen-bond acceptors (Lipinski definition) is 6. The largest absolute Gasteiger partial charge is 0.481 e. The molecule has 0 bridgehead atoms. The molecule has 1 aliphatic rings. The molecule has 0 saturated carbocycles. The number of hydrogen-bond donors (Lipinski definition) is 1. The summed E-state index contributed by atoms with van der Waals surface area (Å²) in [6.07, 6.45) is 3.61. The van der Waals surface area contributed by atoms with Gasteiger partial charge in [0.25, 0.3) is 0 Å². The van der Waals surface area contributed by atoms with Crippen molar-refractivity contribution in [1.29, 1.82) is 0 Å². The molecule has 0 spiro atoms. The minimum atomic E-state index is 0.286. The molecule has 0 unspecified atom stereocenters. The second-order valence-corrected chi connectivity index (χ2v) is 5.40. The Morgan fingerprint density at radius 1 is 1.20 bits per heavy atom. The zero-order chi connectivity index (χ0) is 14.4. The average Bonchev–Trinajstić information content (AvgIpc) is 2.48. The SMILES string of the molecule is COc1ncnc(OC)c1CNCC1(C)CCOCC1. The lowest BCUT2D eigenvalue weighted by molar-refractivity contribution is 0.0239. The number of nitrogens with zero attached hydrogens (tertiary/aromatic N) is 2. The first-order valence-corrected chi connectivity index (χ1v) is 6.89. The fourth-order valence-electron chi connectivity index (χ4n) is 2.41. The molecule has 112 valence electrons. The van der Waals surface area contributed by atoms with Crippen LogP contribution >= 0.6 is 0 Å². The van der Waals surface area contributed by atoms with Gasteiger partial charge >= 0.3 is 0 Å². The van der Waals surface area contributed by atoms with Gasteiger partial charge in [-0.2, -0.15) is 0 Å². The number of methoxy groups -OCH3 is 2. The van der Waals surface area contributed by atoms with Crippen LogP contribution in [-0.4, -0.2) is 43.9 Å². The van der Waals surface area contributed by atoms with Crippen LogP contribution in [-0.2, 0) is 11.3 Å². The van der Waals surface area contributed by atoms with Gasteiger partial charge in [-0.15, -0.1) is 0 Å². The van der Waals surface area contributed by atoms with Gasteiger partial charge in [-0.1, -0.05) is 6.92 Å². The maximum atomic E-state index is 5.41. The van der Waals surface area contributed by atoms with Gasteiger partial charge in [0.05, 0.1) is 19.8 Å². The lowest BCUT2D eigenvalue weighted by Crippen LogP contribution is -2.36. The van der Waals surface area contributed by atoms with Gasteiger partial charge in [-0.05, 0) is 18.3 Å². The monoisotopic (exact) mass is 281 g/mol. The molecule has 0 aromatic carbocycles. The van der Waals surface area contributed by atoms with Crippen molar-refractivity contribution in [2.75, 3.05) is 34.0 Å². The van der Waals surface area contributed by atoms with E-state index in [0.29, 0.717) is 18.3 Å². The summed E-state index contributed by atoms with van der Waals surface area (Å²) in [6.45, 7) is 5.54. The van der Waals surface area contributed by atoms with E-state index in [1.165, 1.54) is 6.33 Å². The first-order valence-electron chi connectivity index (χ1n) is 6.89. The van der Waals surface area contributed by atoms with Crippen LogP contribution in [0.5, 0.6) is 11.8 Å². The van der Waals surface area contributed by atoms with Gasteiger partial charge in [0.1, 0.15) is 6.33 Å². The summed E-state index contributed by atoms with van der Waals surface area (Å²) in [5.74, 6) is 1.11. The molecule has 1 aromatic rings. The Balaban J connectivity index is 1.96. The van der Waals surface area contributed by atoms with Gasteiger partial charge in [0.15, 0.2) is 0 Å². The lowest BCUT2D eigenvalue weighted by Gasteiger charge is -2.33. The predicted molar refractivity (Wildman–Crippen MR) is 75.0 cm³/mol. The van der Waals surface area contributed by atoms with E-state index in [-0.39, 0.29) is 5.41 Å². The van der Waals surface area contributed by atoms with Crippen molar-refractivity contribution < 1.29 is 14.2 Å². The number of nitrogens with one attached hydrogen (secondary N) is 1. The van der Waals surface area contributed by atoms with Crippen LogP contribution in [0.1, 0.15) is 25.3 Å². The van der Waals surface area contributed by atoms with Crippen LogP contribution in [0.25, 0.3) is 0 Å². The maximum Gasteiger partial charge on any atom is 0.224 e. The van der Waals surface area contributed by atoms with E-state index < -0.39 is 0 Å². The highest BCUT2D eigenvalue weighted by Gasteiger charge is 2.27. The van der Waals surface area contributed by atoms with Crippen molar-refractivity contribution in [3.8, 4) is 11.8 Å². The van der Waals surface area contributed by atoms with Crippen LogP contribution in [0.2, 0.25) is 0 Å². The molecule has 0 atom stereocenters. The number of rotatable bonds is 6. The van der Waals surface area contributed by atoms with Crippen LogP contribution in [0.3, 0.4) is 0 Å². The topological polar surface area (TPSA) is 65.5 Å². The minimum absolute atomic E-state index is 0.286. The highest BCUT2D eigenvalue weighted by Crippen LogP contribution is 2.29. The molecule has 1 fully saturated rings. The molecule has 6 heteroatoms. The molecular weight excluding hydrogens is 258 g/mol. The van der Waals surface area contributed by atoms with E-state index in [1.54, 1.807) is 14.2 Å². The van der Waals surface area contributed by atoms with Gasteiger partial charge in [-0.3, -0.25) is 0 Å². The minimum Gasteiger partial charge on any atom is -0.481 e. The Morgan fingerprint density at radius 3 is 2.35 bits per heavy atom. The summed E-state index contributed by atoms with van der Waals surface area (Å²) < 4.78 is 15.9. The molecule has 20 heavy (non-hydrogen) atoms. The van der Waals surface area contributed by atoms with Crippen LogP contribution < -0.4 is 14.8 Å². The van der Waals surface area contributed by atoms with Crippen molar-refractivity contribution in [3.05, 3.63) is 11.9 Å². The molecule has 6 nitrogen and oxygen atoms in total. The Bertz CT molecular complexity index is 411. The van der Waals surface area contributed by atoms with E-state index >= 15 is 0 Å². The Kier molecular flexibility index (Phi) is 5.14. The number of aromatic nitrogens is 2. The van der Waals surface area contributed by atoms with E-state index in [9.17, 15) is 0 Å². The Hall–Kier alpha value is -1.40. The maximum absolute atomic E-state index is 5.41. The average molecular weight is 281 g/mol. The van der Waals surface area contributed by atoms with E-state index in [1.807, 2.05) is 0 Å². The fraction of sp³-hybridized carbons (Fsp3) is 0.714. The quantitative estimate of drug-likeness (QED) is 0.850. The Morgan fingerprint density at radius 2 is 1.80 bits per heavy atom. The Labute approximate surface area is 119 Å². The van der Waals surface area contributed by atoms with Gasteiger partial charge in [-0.25, -0.2) is 9.97 Å². The third-order valence-electron chi connectivity index (χ3n) is 3.81. The zero-order valence-electron chi connectivity index (χ0n) is 12.4. The summed E-state index contributed by atoms with van der Waals surface area (Å²) >= 11 is 0. The first kappa shape index (κ1) is 15.0. The van der Waals surface area contributed by atoms with Gasteiger partial charge < -0.3 is 19.5 Å². The van der Waals surface area contributed by atoms with Gasteiger partial charge in [0.2, 0.25) is 11.8 Å². The van der Waals surface area contributed by atoms with Crippen LogP contribution in [0.15, 0.2) is 6.33 Å². The van der Waals surface area contributed by atoms with Crippen LogP contribution in [0.4, 0.5) is 0 Å². The molecule has 2 heterocycles. The smallest absolute Gasteiger partial charge is 0.224 e. The van der Waals surface area contributed by atoms with Crippen molar-refractivity contribution in [2.24, 2.45) is 5.41 Å². The summed E-state index contributed by atoms with van der Waals surface area (Å²) in [6, 6.07) is 0. The molecule has 1 saturated heterocycles. The lowest BCUT2D eigenvalue weighted by atomic mass is 9.82. The van der Waals surface area contributed by atoms with Crippen molar-refractivity contribution in [1.82, 2.24) is 15.3 Å². The van der Waals surface area contributed by atoms with E-state index in [0.717, 1.165) is 38.2 Å². The molecule has 1 N–H and O–H groups in total. The highest BCUT2D eigenvalue weighted by atomic mass is 16.5. The molecule has 1 aliphatic heterocycles. The van der Waals surface area contributed by atoms with E-state index in [4.69, 9.17) is 14.2 Å². The first-order chi connectivity index (χ1) is 9.68. The summed E-state index contributed by atoms with van der Waals surface area (Å²) in [7, 11) is 3.20. The molecule has 1 aromatic heterocycles. The summed E-state index contributed by atoms with van der Waals surface area (Å²) in [4.78, 5) is 8.23. The predicted octanol–water partition coefficient (Wildman–Crippen LogP) is 1.40. The van der Waals surface area contributed by atoms with Crippen molar-refractivity contribution in [2.45, 2.75) is 26.3 Å². The summed E-state index contributed by atoms with van der Waals surface area (Å²) in [5, 5.41) is 3.47. The van der Waals surface area contributed by atoms with Crippen LogP contribution in [0, 0.1) is 5.41 Å².